The van der Waals surface area contributed by atoms with Crippen LogP contribution < -0.4 is 16.0 Å². The molecule has 0 heterocycles. The van der Waals surface area contributed by atoms with Crippen molar-refractivity contribution in [2.75, 3.05) is 16.4 Å². The number of nitrogens with one attached hydrogen (secondary N) is 3. The van der Waals surface area contributed by atoms with Gasteiger partial charge in [0.15, 0.2) is 0 Å². The number of hydrogen-bond donors (Lipinski definition) is 3. The Morgan fingerprint density at radius 3 is 2.33 bits per heavy atom. The highest BCUT2D eigenvalue weighted by atomic mass is 35.5. The molecule has 0 aliphatic heterocycles. The van der Waals surface area contributed by atoms with Crippen LogP contribution in [0.1, 0.15) is 15.9 Å². The fourth-order valence-corrected chi connectivity index (χ4v) is 4.61. The zero-order valence-electron chi connectivity index (χ0n) is 20.8. The molecule has 0 aliphatic rings. The molecule has 0 bridgehead atoms. The van der Waals surface area contributed by atoms with E-state index in [0.29, 0.717) is 26.7 Å². The predicted octanol–water partition coefficient (Wildman–Crippen LogP) is 7.27. The van der Waals surface area contributed by atoms with Crippen molar-refractivity contribution in [2.45, 2.75) is 4.90 Å². The van der Waals surface area contributed by atoms with E-state index < -0.39 is 17.6 Å². The molecule has 4 rings (SSSR count). The van der Waals surface area contributed by atoms with Gasteiger partial charge in [-0.05, 0) is 60.2 Å². The van der Waals surface area contributed by atoms with Gasteiger partial charge in [-0.3, -0.25) is 14.4 Å². The average molecular weight is 594 g/mol. The summed E-state index contributed by atoms with van der Waals surface area (Å²) < 4.78 is 13.8. The fraction of sp³-hybridized carbons (Fsp3) is 0.0333. The Balaban J connectivity index is 1.48. The lowest BCUT2D eigenvalue weighted by Crippen LogP contribution is -2.30. The van der Waals surface area contributed by atoms with Gasteiger partial charge in [0, 0.05) is 16.1 Å². The first kappa shape index (κ1) is 28.9. The zero-order valence-corrected chi connectivity index (χ0v) is 23.1. The molecule has 0 radical (unpaired) electrons. The van der Waals surface area contributed by atoms with Gasteiger partial charge in [0.2, 0.25) is 5.91 Å². The minimum absolute atomic E-state index is 0.0251. The van der Waals surface area contributed by atoms with E-state index >= 15 is 0 Å². The number of benzene rings is 4. The smallest absolute Gasteiger partial charge is 0.272 e. The van der Waals surface area contributed by atoms with Crippen LogP contribution in [-0.2, 0) is 9.59 Å². The summed E-state index contributed by atoms with van der Waals surface area (Å²) in [6.07, 6.45) is 1.44. The molecule has 4 aromatic rings. The number of amides is 3. The summed E-state index contributed by atoms with van der Waals surface area (Å²) in [4.78, 5) is 39.2. The lowest BCUT2D eigenvalue weighted by atomic mass is 10.1. The molecule has 40 heavy (non-hydrogen) atoms. The first-order valence-electron chi connectivity index (χ1n) is 11.9. The average Bonchev–Trinajstić information content (AvgIpc) is 2.96. The third kappa shape index (κ3) is 7.95. The summed E-state index contributed by atoms with van der Waals surface area (Å²) in [6, 6.07) is 26.2. The molecule has 0 aromatic heterocycles. The predicted molar refractivity (Wildman–Crippen MR) is 159 cm³/mol. The second kappa shape index (κ2) is 13.8. The van der Waals surface area contributed by atoms with Gasteiger partial charge in [-0.1, -0.05) is 71.7 Å². The van der Waals surface area contributed by atoms with E-state index in [0.717, 1.165) is 0 Å². The number of thioether (sulfide) groups is 1. The van der Waals surface area contributed by atoms with Crippen LogP contribution in [0.15, 0.2) is 108 Å². The highest BCUT2D eigenvalue weighted by Crippen LogP contribution is 2.28. The molecule has 0 unspecified atom stereocenters. The number of halogens is 3. The van der Waals surface area contributed by atoms with Crippen LogP contribution >= 0.6 is 35.0 Å². The van der Waals surface area contributed by atoms with Gasteiger partial charge in [0.05, 0.1) is 21.5 Å². The quantitative estimate of drug-likeness (QED) is 0.141. The Bertz CT molecular complexity index is 1580. The van der Waals surface area contributed by atoms with Crippen molar-refractivity contribution >= 4 is 70.1 Å². The lowest BCUT2D eigenvalue weighted by molar-refractivity contribution is -0.114. The van der Waals surface area contributed by atoms with E-state index in [2.05, 4.69) is 16.0 Å². The van der Waals surface area contributed by atoms with E-state index in [1.54, 1.807) is 78.9 Å². The van der Waals surface area contributed by atoms with Crippen LogP contribution in [0.4, 0.5) is 15.8 Å². The third-order valence-corrected chi connectivity index (χ3v) is 7.25. The van der Waals surface area contributed by atoms with Gasteiger partial charge in [0.25, 0.3) is 11.8 Å². The molecule has 6 nitrogen and oxygen atoms in total. The number of rotatable bonds is 9. The number of hydrogen-bond acceptors (Lipinski definition) is 4. The molecule has 0 atom stereocenters. The fourth-order valence-electron chi connectivity index (χ4n) is 3.49. The van der Waals surface area contributed by atoms with E-state index in [4.69, 9.17) is 23.2 Å². The van der Waals surface area contributed by atoms with Crippen molar-refractivity contribution in [3.8, 4) is 0 Å². The largest absolute Gasteiger partial charge is 0.323 e. The molecule has 3 amide bonds. The summed E-state index contributed by atoms with van der Waals surface area (Å²) in [5, 5.41) is 8.48. The Labute approximate surface area is 244 Å². The molecule has 4 aromatic carbocycles. The molecule has 0 saturated carbocycles. The van der Waals surface area contributed by atoms with E-state index in [9.17, 15) is 18.8 Å². The van der Waals surface area contributed by atoms with Crippen LogP contribution in [0.25, 0.3) is 6.08 Å². The second-order valence-electron chi connectivity index (χ2n) is 8.32. The Kier molecular flexibility index (Phi) is 9.96. The lowest BCUT2D eigenvalue weighted by Gasteiger charge is -2.13. The molecular weight excluding hydrogens is 572 g/mol. The summed E-state index contributed by atoms with van der Waals surface area (Å²) >= 11 is 13.7. The maximum atomic E-state index is 13.8. The minimum Gasteiger partial charge on any atom is -0.323 e. The standard InChI is InChI=1S/C30H22Cl2FN3O3S/c31-23-13-6-10-20(28(23)32)16-26(36-29(38)19-8-2-1-3-9-19)30(39)34-21-11-7-12-22(17-21)40-18-27(37)35-25-15-5-4-14-24(25)33/h1-17H,18H2,(H,34,39)(H,35,37)(H,36,38)/b26-16+. The van der Waals surface area contributed by atoms with Gasteiger partial charge < -0.3 is 16.0 Å². The molecule has 10 heteroatoms. The van der Waals surface area contributed by atoms with E-state index in [-0.39, 0.29) is 28.1 Å². The SMILES string of the molecule is O=C(CSc1cccc(NC(=O)/C(=C\c2cccc(Cl)c2Cl)NC(=O)c2ccccc2)c1)Nc1ccccc1F. The number of carbonyl (C=O) groups excluding carboxylic acids is 3. The van der Waals surface area contributed by atoms with Crippen LogP contribution in [0, 0.1) is 5.82 Å². The van der Waals surface area contributed by atoms with Crippen LogP contribution in [0.3, 0.4) is 0 Å². The summed E-state index contributed by atoms with van der Waals surface area (Å²) in [6.45, 7) is 0. The van der Waals surface area contributed by atoms with E-state index in [1.165, 1.54) is 36.0 Å². The molecular formula is C30H22Cl2FN3O3S. The monoisotopic (exact) mass is 593 g/mol. The van der Waals surface area contributed by atoms with Crippen molar-refractivity contribution in [2.24, 2.45) is 0 Å². The van der Waals surface area contributed by atoms with Crippen LogP contribution in [-0.4, -0.2) is 23.5 Å². The van der Waals surface area contributed by atoms with Gasteiger partial charge in [0.1, 0.15) is 11.5 Å². The van der Waals surface area contributed by atoms with Crippen molar-refractivity contribution in [3.63, 3.8) is 0 Å². The normalized spacial score (nSPS) is 11.0. The number of carbonyl (C=O) groups is 3. The molecule has 0 aliphatic carbocycles. The molecule has 202 valence electrons. The Morgan fingerprint density at radius 2 is 1.55 bits per heavy atom. The summed E-state index contributed by atoms with van der Waals surface area (Å²) in [5.41, 5.74) is 1.29. The Hall–Kier alpha value is -4.11. The molecule has 0 fully saturated rings. The van der Waals surface area contributed by atoms with Gasteiger partial charge in [-0.25, -0.2) is 4.39 Å². The van der Waals surface area contributed by atoms with Gasteiger partial charge in [-0.15, -0.1) is 11.8 Å². The Morgan fingerprint density at radius 1 is 0.825 bits per heavy atom. The van der Waals surface area contributed by atoms with Crippen molar-refractivity contribution < 1.29 is 18.8 Å². The first-order valence-corrected chi connectivity index (χ1v) is 13.6. The third-order valence-electron chi connectivity index (χ3n) is 5.42. The topological polar surface area (TPSA) is 87.3 Å². The van der Waals surface area contributed by atoms with Crippen molar-refractivity contribution in [1.29, 1.82) is 0 Å². The molecule has 0 spiro atoms. The number of para-hydroxylation sites is 1. The molecule has 3 N–H and O–H groups in total. The zero-order chi connectivity index (χ0) is 28.5. The van der Waals surface area contributed by atoms with Crippen LogP contribution in [0.5, 0.6) is 0 Å². The molecule has 0 saturated heterocycles. The van der Waals surface area contributed by atoms with E-state index in [1.807, 2.05) is 0 Å². The highest BCUT2D eigenvalue weighted by Gasteiger charge is 2.17. The highest BCUT2D eigenvalue weighted by molar-refractivity contribution is 8.00. The van der Waals surface area contributed by atoms with Crippen molar-refractivity contribution in [3.05, 3.63) is 130 Å². The van der Waals surface area contributed by atoms with Gasteiger partial charge >= 0.3 is 0 Å². The second-order valence-corrected chi connectivity index (χ2v) is 10.2. The van der Waals surface area contributed by atoms with Crippen LogP contribution in [0.2, 0.25) is 10.0 Å². The minimum atomic E-state index is -0.597. The summed E-state index contributed by atoms with van der Waals surface area (Å²) in [5.74, 6) is -1.95. The maximum absolute atomic E-state index is 13.8. The van der Waals surface area contributed by atoms with Gasteiger partial charge in [-0.2, -0.15) is 0 Å². The van der Waals surface area contributed by atoms with Crippen molar-refractivity contribution in [1.82, 2.24) is 5.32 Å². The number of anilines is 2. The maximum Gasteiger partial charge on any atom is 0.272 e. The first-order chi connectivity index (χ1) is 19.3. The summed E-state index contributed by atoms with van der Waals surface area (Å²) in [7, 11) is 0.